The van der Waals surface area contributed by atoms with Crippen LogP contribution >= 0.6 is 11.6 Å². The summed E-state index contributed by atoms with van der Waals surface area (Å²) in [6.45, 7) is 0.683. The molecular formula is C23H25ClN2O2. The second-order valence-electron chi connectivity index (χ2n) is 7.72. The highest BCUT2D eigenvalue weighted by molar-refractivity contribution is 6.30. The molecule has 1 heterocycles. The zero-order valence-electron chi connectivity index (χ0n) is 15.9. The summed E-state index contributed by atoms with van der Waals surface area (Å²) < 4.78 is 0. The smallest absolute Gasteiger partial charge is 0.258 e. The SMILES string of the molecule is O=C(NC1CCCCC1)c1ccc2c(c1)CCCN2C(=O)c1ccc(Cl)cc1. The molecule has 0 spiro atoms. The Morgan fingerprint density at radius 1 is 0.929 bits per heavy atom. The maximum Gasteiger partial charge on any atom is 0.258 e. The lowest BCUT2D eigenvalue weighted by atomic mass is 9.94. The van der Waals surface area contributed by atoms with Gasteiger partial charge in [-0.2, -0.15) is 0 Å². The van der Waals surface area contributed by atoms with Crippen molar-refractivity contribution in [1.82, 2.24) is 5.32 Å². The molecule has 4 nitrogen and oxygen atoms in total. The van der Waals surface area contributed by atoms with E-state index in [9.17, 15) is 9.59 Å². The number of benzene rings is 2. The number of aryl methyl sites for hydroxylation is 1. The highest BCUT2D eigenvalue weighted by Gasteiger charge is 2.25. The summed E-state index contributed by atoms with van der Waals surface area (Å²) in [5.41, 5.74) is 3.27. The van der Waals surface area contributed by atoms with Crippen molar-refractivity contribution in [2.75, 3.05) is 11.4 Å². The van der Waals surface area contributed by atoms with E-state index in [0.29, 0.717) is 28.7 Å². The van der Waals surface area contributed by atoms with Gasteiger partial charge >= 0.3 is 0 Å². The first-order valence-corrected chi connectivity index (χ1v) is 10.5. The van der Waals surface area contributed by atoms with Crippen LogP contribution in [0.25, 0.3) is 0 Å². The average Bonchev–Trinajstić information content (AvgIpc) is 2.73. The predicted octanol–water partition coefficient (Wildman–Crippen LogP) is 5.00. The predicted molar refractivity (Wildman–Crippen MR) is 112 cm³/mol. The number of carbonyl (C=O) groups excluding carboxylic acids is 2. The molecule has 2 aromatic rings. The molecule has 5 heteroatoms. The van der Waals surface area contributed by atoms with Crippen molar-refractivity contribution in [2.24, 2.45) is 0 Å². The summed E-state index contributed by atoms with van der Waals surface area (Å²) in [5, 5.41) is 3.79. The number of amides is 2. The van der Waals surface area contributed by atoms with E-state index in [0.717, 1.165) is 36.9 Å². The van der Waals surface area contributed by atoms with Gasteiger partial charge in [0.25, 0.3) is 11.8 Å². The highest BCUT2D eigenvalue weighted by atomic mass is 35.5. The van der Waals surface area contributed by atoms with E-state index in [-0.39, 0.29) is 11.8 Å². The molecule has 0 atom stereocenters. The van der Waals surface area contributed by atoms with Gasteiger partial charge in [0.1, 0.15) is 0 Å². The van der Waals surface area contributed by atoms with Crippen LogP contribution in [0.15, 0.2) is 42.5 Å². The van der Waals surface area contributed by atoms with Gasteiger partial charge in [-0.05, 0) is 73.7 Å². The number of nitrogens with zero attached hydrogens (tertiary/aromatic N) is 1. The third kappa shape index (κ3) is 4.07. The molecule has 0 radical (unpaired) electrons. The molecule has 1 saturated carbocycles. The standard InChI is InChI=1S/C23H25ClN2O2/c24-19-11-8-16(9-12-19)23(28)26-14-4-5-17-15-18(10-13-21(17)26)22(27)25-20-6-2-1-3-7-20/h8-13,15,20H,1-7,14H2,(H,25,27). The van der Waals surface area contributed by atoms with E-state index in [1.807, 2.05) is 23.1 Å². The zero-order chi connectivity index (χ0) is 19.5. The van der Waals surface area contributed by atoms with Crippen molar-refractivity contribution in [2.45, 2.75) is 51.0 Å². The van der Waals surface area contributed by atoms with Crippen LogP contribution in [0.5, 0.6) is 0 Å². The third-order valence-corrected chi connectivity index (χ3v) is 5.99. The number of anilines is 1. The van der Waals surface area contributed by atoms with Crippen LogP contribution in [-0.2, 0) is 6.42 Å². The second kappa shape index (κ2) is 8.36. The van der Waals surface area contributed by atoms with Crippen molar-refractivity contribution in [1.29, 1.82) is 0 Å². The van der Waals surface area contributed by atoms with Crippen molar-refractivity contribution in [3.63, 3.8) is 0 Å². The van der Waals surface area contributed by atoms with Crippen LogP contribution in [0, 0.1) is 0 Å². The minimum atomic E-state index is -0.0305. The lowest BCUT2D eigenvalue weighted by Gasteiger charge is -2.30. The number of nitrogens with one attached hydrogen (secondary N) is 1. The van der Waals surface area contributed by atoms with E-state index in [4.69, 9.17) is 11.6 Å². The van der Waals surface area contributed by atoms with Crippen LogP contribution in [-0.4, -0.2) is 24.4 Å². The Morgan fingerprint density at radius 2 is 1.64 bits per heavy atom. The molecule has 0 aromatic heterocycles. The maximum absolute atomic E-state index is 13.0. The molecule has 2 aliphatic rings. The van der Waals surface area contributed by atoms with Gasteiger partial charge in [0.15, 0.2) is 0 Å². The molecule has 1 fully saturated rings. The minimum absolute atomic E-state index is 0.00384. The van der Waals surface area contributed by atoms with E-state index in [1.54, 1.807) is 24.3 Å². The van der Waals surface area contributed by atoms with Gasteiger partial charge in [-0.15, -0.1) is 0 Å². The lowest BCUT2D eigenvalue weighted by molar-refractivity contribution is 0.0927. The molecule has 0 saturated heterocycles. The zero-order valence-corrected chi connectivity index (χ0v) is 16.7. The largest absolute Gasteiger partial charge is 0.349 e. The molecule has 2 amide bonds. The van der Waals surface area contributed by atoms with Gasteiger partial charge < -0.3 is 10.2 Å². The van der Waals surface area contributed by atoms with Gasteiger partial charge in [0, 0.05) is 34.4 Å². The van der Waals surface area contributed by atoms with Crippen LogP contribution < -0.4 is 10.2 Å². The Kier molecular flexibility index (Phi) is 5.67. The first-order valence-electron chi connectivity index (χ1n) is 10.1. The summed E-state index contributed by atoms with van der Waals surface area (Å²) in [6, 6.07) is 13.0. The molecule has 28 heavy (non-hydrogen) atoms. The van der Waals surface area contributed by atoms with Crippen molar-refractivity contribution in [3.05, 3.63) is 64.2 Å². The highest BCUT2D eigenvalue weighted by Crippen LogP contribution is 2.30. The molecule has 0 bridgehead atoms. The van der Waals surface area contributed by atoms with Gasteiger partial charge in [0.05, 0.1) is 0 Å². The molecule has 146 valence electrons. The Morgan fingerprint density at radius 3 is 2.39 bits per heavy atom. The van der Waals surface area contributed by atoms with E-state index >= 15 is 0 Å². The molecule has 1 N–H and O–H groups in total. The van der Waals surface area contributed by atoms with Crippen LogP contribution in [0.4, 0.5) is 5.69 Å². The van der Waals surface area contributed by atoms with Crippen LogP contribution in [0.3, 0.4) is 0 Å². The molecule has 2 aromatic carbocycles. The summed E-state index contributed by atoms with van der Waals surface area (Å²) in [4.78, 5) is 27.4. The Balaban J connectivity index is 1.52. The minimum Gasteiger partial charge on any atom is -0.349 e. The number of rotatable bonds is 3. The third-order valence-electron chi connectivity index (χ3n) is 5.74. The average molecular weight is 397 g/mol. The number of halogens is 1. The van der Waals surface area contributed by atoms with Crippen LogP contribution in [0.2, 0.25) is 5.02 Å². The summed E-state index contributed by atoms with van der Waals surface area (Å²) >= 11 is 5.94. The monoisotopic (exact) mass is 396 g/mol. The summed E-state index contributed by atoms with van der Waals surface area (Å²) in [7, 11) is 0. The normalized spacial score (nSPS) is 17.1. The fourth-order valence-electron chi connectivity index (χ4n) is 4.21. The quantitative estimate of drug-likeness (QED) is 0.794. The summed E-state index contributed by atoms with van der Waals surface area (Å²) in [5.74, 6) is -0.0344. The van der Waals surface area contributed by atoms with Crippen LogP contribution in [0.1, 0.15) is 64.8 Å². The maximum atomic E-state index is 13.0. The number of hydrogen-bond acceptors (Lipinski definition) is 2. The first kappa shape index (κ1) is 19.0. The first-order chi connectivity index (χ1) is 13.6. The summed E-state index contributed by atoms with van der Waals surface area (Å²) in [6.07, 6.45) is 7.56. The van der Waals surface area contributed by atoms with Crippen molar-refractivity contribution in [3.8, 4) is 0 Å². The molecular weight excluding hydrogens is 372 g/mol. The van der Waals surface area contributed by atoms with E-state index in [2.05, 4.69) is 5.32 Å². The topological polar surface area (TPSA) is 49.4 Å². The van der Waals surface area contributed by atoms with Gasteiger partial charge in [-0.3, -0.25) is 9.59 Å². The number of carbonyl (C=O) groups is 2. The van der Waals surface area contributed by atoms with E-state index in [1.165, 1.54) is 19.3 Å². The fraction of sp³-hybridized carbons (Fsp3) is 0.391. The Hall–Kier alpha value is -2.33. The molecule has 1 aliphatic heterocycles. The lowest BCUT2D eigenvalue weighted by Crippen LogP contribution is -2.37. The van der Waals surface area contributed by atoms with Gasteiger partial charge in [-0.1, -0.05) is 30.9 Å². The molecule has 4 rings (SSSR count). The molecule has 0 unspecified atom stereocenters. The fourth-order valence-corrected chi connectivity index (χ4v) is 4.34. The van der Waals surface area contributed by atoms with Gasteiger partial charge in [-0.25, -0.2) is 0 Å². The Labute approximate surface area is 170 Å². The molecule has 1 aliphatic carbocycles. The van der Waals surface area contributed by atoms with E-state index < -0.39 is 0 Å². The van der Waals surface area contributed by atoms with Crippen molar-refractivity contribution >= 4 is 29.1 Å². The second-order valence-corrected chi connectivity index (χ2v) is 8.16. The van der Waals surface area contributed by atoms with Gasteiger partial charge in [0.2, 0.25) is 0 Å². The van der Waals surface area contributed by atoms with Crippen molar-refractivity contribution < 1.29 is 9.59 Å². The number of hydrogen-bond donors (Lipinski definition) is 1. The Bertz CT molecular complexity index is 873. The number of fused-ring (bicyclic) bond motifs is 1.